The van der Waals surface area contributed by atoms with E-state index in [1.807, 2.05) is 44.2 Å². The van der Waals surface area contributed by atoms with Crippen molar-refractivity contribution in [2.75, 3.05) is 14.2 Å². The second-order valence-corrected chi connectivity index (χ2v) is 4.97. The highest BCUT2D eigenvalue weighted by molar-refractivity contribution is 5.92. The Balaban J connectivity index is 2.21. The number of nitrogens with zero attached hydrogens (tertiary/aromatic N) is 1. The summed E-state index contributed by atoms with van der Waals surface area (Å²) in [6, 6.07) is 10.6. The van der Waals surface area contributed by atoms with Crippen molar-refractivity contribution in [2.24, 2.45) is 0 Å². The normalized spacial score (nSPS) is 11.6. The van der Waals surface area contributed by atoms with Gasteiger partial charge < -0.3 is 14.8 Å². The standard InChI is InChI=1S/C17H20N2O3/c1-11-6-5-7-15(18-11)17(20)19-12(2)14-10-13(21-3)8-9-16(14)22-4/h5-10,12H,1-4H3,(H,19,20). The van der Waals surface area contributed by atoms with Crippen LogP contribution >= 0.6 is 0 Å². The Morgan fingerprint density at radius 2 is 1.95 bits per heavy atom. The fourth-order valence-electron chi connectivity index (χ4n) is 2.20. The highest BCUT2D eigenvalue weighted by Gasteiger charge is 2.16. The van der Waals surface area contributed by atoms with Gasteiger partial charge >= 0.3 is 0 Å². The van der Waals surface area contributed by atoms with Crippen molar-refractivity contribution in [1.29, 1.82) is 0 Å². The Morgan fingerprint density at radius 1 is 1.18 bits per heavy atom. The Morgan fingerprint density at radius 3 is 2.59 bits per heavy atom. The maximum atomic E-state index is 12.3. The Bertz CT molecular complexity index is 671. The van der Waals surface area contributed by atoms with E-state index < -0.39 is 0 Å². The molecule has 1 heterocycles. The van der Waals surface area contributed by atoms with E-state index in [0.717, 1.165) is 11.3 Å². The lowest BCUT2D eigenvalue weighted by Gasteiger charge is -2.18. The van der Waals surface area contributed by atoms with Crippen molar-refractivity contribution in [2.45, 2.75) is 19.9 Å². The van der Waals surface area contributed by atoms with Crippen LogP contribution in [0.3, 0.4) is 0 Å². The lowest BCUT2D eigenvalue weighted by atomic mass is 10.1. The molecular weight excluding hydrogens is 280 g/mol. The zero-order valence-electron chi connectivity index (χ0n) is 13.2. The van der Waals surface area contributed by atoms with E-state index in [1.54, 1.807) is 20.3 Å². The van der Waals surface area contributed by atoms with Crippen molar-refractivity contribution in [3.63, 3.8) is 0 Å². The number of aromatic nitrogens is 1. The molecule has 116 valence electrons. The first kappa shape index (κ1) is 15.8. The minimum absolute atomic E-state index is 0.221. The minimum Gasteiger partial charge on any atom is -0.497 e. The number of hydrogen-bond donors (Lipinski definition) is 1. The summed E-state index contributed by atoms with van der Waals surface area (Å²) < 4.78 is 10.6. The summed E-state index contributed by atoms with van der Waals surface area (Å²) in [5, 5.41) is 2.93. The molecule has 1 N–H and O–H groups in total. The third-order valence-electron chi connectivity index (χ3n) is 3.37. The van der Waals surface area contributed by atoms with Crippen LogP contribution in [0.4, 0.5) is 0 Å². The molecule has 0 aliphatic heterocycles. The molecule has 0 saturated carbocycles. The van der Waals surface area contributed by atoms with Crippen molar-refractivity contribution < 1.29 is 14.3 Å². The van der Waals surface area contributed by atoms with Crippen LogP contribution in [0.5, 0.6) is 11.5 Å². The number of carbonyl (C=O) groups excluding carboxylic acids is 1. The molecule has 2 aromatic rings. The summed E-state index contributed by atoms with van der Waals surface area (Å²) >= 11 is 0. The van der Waals surface area contributed by atoms with Crippen LogP contribution in [-0.4, -0.2) is 25.1 Å². The first-order chi connectivity index (χ1) is 10.5. The Kier molecular flexibility index (Phi) is 4.99. The second kappa shape index (κ2) is 6.93. The van der Waals surface area contributed by atoms with Gasteiger partial charge in [-0.3, -0.25) is 4.79 Å². The molecule has 5 nitrogen and oxygen atoms in total. The molecule has 0 aliphatic carbocycles. The van der Waals surface area contributed by atoms with Crippen molar-refractivity contribution >= 4 is 5.91 Å². The summed E-state index contributed by atoms with van der Waals surface area (Å²) in [6.07, 6.45) is 0. The molecule has 2 rings (SSSR count). The lowest BCUT2D eigenvalue weighted by molar-refractivity contribution is 0.0934. The van der Waals surface area contributed by atoms with Crippen LogP contribution in [0.2, 0.25) is 0 Å². The summed E-state index contributed by atoms with van der Waals surface area (Å²) in [4.78, 5) is 16.5. The molecule has 0 bridgehead atoms. The molecule has 1 aromatic heterocycles. The molecule has 1 atom stereocenters. The quantitative estimate of drug-likeness (QED) is 0.922. The van der Waals surface area contributed by atoms with Gasteiger partial charge in [-0.15, -0.1) is 0 Å². The van der Waals surface area contributed by atoms with Crippen molar-refractivity contribution in [1.82, 2.24) is 10.3 Å². The summed E-state index contributed by atoms with van der Waals surface area (Å²) in [6.45, 7) is 3.75. The SMILES string of the molecule is COc1ccc(OC)c(C(C)NC(=O)c2cccc(C)n2)c1. The maximum Gasteiger partial charge on any atom is 0.270 e. The van der Waals surface area contributed by atoms with Gasteiger partial charge in [-0.25, -0.2) is 4.98 Å². The average molecular weight is 300 g/mol. The number of amides is 1. The number of aryl methyl sites for hydroxylation is 1. The van der Waals surface area contributed by atoms with E-state index in [9.17, 15) is 4.79 Å². The van der Waals surface area contributed by atoms with E-state index in [1.165, 1.54) is 0 Å². The number of benzene rings is 1. The molecule has 22 heavy (non-hydrogen) atoms. The molecule has 0 radical (unpaired) electrons. The van der Waals surface area contributed by atoms with E-state index in [0.29, 0.717) is 17.2 Å². The highest BCUT2D eigenvalue weighted by Crippen LogP contribution is 2.29. The van der Waals surface area contributed by atoms with Crippen LogP contribution in [0.15, 0.2) is 36.4 Å². The number of ether oxygens (including phenoxy) is 2. The third kappa shape index (κ3) is 3.55. The number of hydrogen-bond acceptors (Lipinski definition) is 4. The zero-order chi connectivity index (χ0) is 16.1. The number of rotatable bonds is 5. The predicted octanol–water partition coefficient (Wildman–Crippen LogP) is 2.90. The van der Waals surface area contributed by atoms with Gasteiger partial charge in [0.25, 0.3) is 5.91 Å². The van der Waals surface area contributed by atoms with Gasteiger partial charge in [0.1, 0.15) is 17.2 Å². The first-order valence-corrected chi connectivity index (χ1v) is 7.01. The predicted molar refractivity (Wildman–Crippen MR) is 84.4 cm³/mol. The fourth-order valence-corrected chi connectivity index (χ4v) is 2.20. The molecule has 1 unspecified atom stereocenters. The van der Waals surface area contributed by atoms with Crippen molar-refractivity contribution in [3.05, 3.63) is 53.3 Å². The largest absolute Gasteiger partial charge is 0.497 e. The van der Waals surface area contributed by atoms with E-state index in [2.05, 4.69) is 10.3 Å². The third-order valence-corrected chi connectivity index (χ3v) is 3.37. The van der Waals surface area contributed by atoms with E-state index in [-0.39, 0.29) is 11.9 Å². The topological polar surface area (TPSA) is 60.5 Å². The number of carbonyl (C=O) groups is 1. The van der Waals surface area contributed by atoms with Gasteiger partial charge in [0, 0.05) is 11.3 Å². The monoisotopic (exact) mass is 300 g/mol. The van der Waals surface area contributed by atoms with Gasteiger partial charge in [0.2, 0.25) is 0 Å². The molecule has 0 fully saturated rings. The molecule has 5 heteroatoms. The number of pyridine rings is 1. The molecule has 1 amide bonds. The average Bonchev–Trinajstić information content (AvgIpc) is 2.54. The smallest absolute Gasteiger partial charge is 0.270 e. The summed E-state index contributed by atoms with van der Waals surface area (Å²) in [5.41, 5.74) is 2.05. The lowest BCUT2D eigenvalue weighted by Crippen LogP contribution is -2.27. The van der Waals surface area contributed by atoms with Crippen LogP contribution in [0.1, 0.15) is 34.7 Å². The molecule has 1 aromatic carbocycles. The van der Waals surface area contributed by atoms with E-state index >= 15 is 0 Å². The highest BCUT2D eigenvalue weighted by atomic mass is 16.5. The minimum atomic E-state index is -0.236. The Hall–Kier alpha value is -2.56. The van der Waals surface area contributed by atoms with Gasteiger partial charge in [-0.05, 0) is 44.2 Å². The Labute approximate surface area is 130 Å². The van der Waals surface area contributed by atoms with Crippen LogP contribution in [0, 0.1) is 6.92 Å². The van der Waals surface area contributed by atoms with Crippen LogP contribution in [0.25, 0.3) is 0 Å². The number of methoxy groups -OCH3 is 2. The first-order valence-electron chi connectivity index (χ1n) is 7.01. The molecule has 0 saturated heterocycles. The van der Waals surface area contributed by atoms with Gasteiger partial charge in [-0.1, -0.05) is 6.07 Å². The van der Waals surface area contributed by atoms with Crippen LogP contribution < -0.4 is 14.8 Å². The zero-order valence-corrected chi connectivity index (χ0v) is 13.2. The van der Waals surface area contributed by atoms with Gasteiger partial charge in [0.15, 0.2) is 0 Å². The number of nitrogens with one attached hydrogen (secondary N) is 1. The second-order valence-electron chi connectivity index (χ2n) is 4.97. The molecular formula is C17H20N2O3. The maximum absolute atomic E-state index is 12.3. The summed E-state index contributed by atoms with van der Waals surface area (Å²) in [7, 11) is 3.20. The van der Waals surface area contributed by atoms with Crippen molar-refractivity contribution in [3.8, 4) is 11.5 Å². The molecule has 0 aliphatic rings. The van der Waals surface area contributed by atoms with Crippen LogP contribution in [-0.2, 0) is 0 Å². The van der Waals surface area contributed by atoms with Gasteiger partial charge in [-0.2, -0.15) is 0 Å². The van der Waals surface area contributed by atoms with Gasteiger partial charge in [0.05, 0.1) is 20.3 Å². The fraction of sp³-hybridized carbons (Fsp3) is 0.294. The summed E-state index contributed by atoms with van der Waals surface area (Å²) in [5.74, 6) is 1.19. The van der Waals surface area contributed by atoms with E-state index in [4.69, 9.17) is 9.47 Å². The molecule has 0 spiro atoms.